The number of aromatic nitrogens is 1. The van der Waals surface area contributed by atoms with E-state index in [2.05, 4.69) is 38.7 Å². The van der Waals surface area contributed by atoms with E-state index in [0.717, 1.165) is 74.4 Å². The smallest absolute Gasteiger partial charge is 0.231 e. The lowest BCUT2D eigenvalue weighted by atomic mass is 10.1. The molecule has 1 aromatic heterocycles. The Morgan fingerprint density at radius 1 is 1.06 bits per heavy atom. The molecule has 33 heavy (non-hydrogen) atoms. The summed E-state index contributed by atoms with van der Waals surface area (Å²) in [4.78, 5) is 22.0. The highest BCUT2D eigenvalue weighted by Gasteiger charge is 2.19. The molecule has 3 heterocycles. The molecule has 1 fully saturated rings. The van der Waals surface area contributed by atoms with Gasteiger partial charge < -0.3 is 10.1 Å². The Bertz CT molecular complexity index is 1100. The second kappa shape index (κ2) is 10.0. The first kappa shape index (κ1) is 22.1. The van der Waals surface area contributed by atoms with Crippen LogP contribution in [-0.2, 0) is 30.7 Å². The van der Waals surface area contributed by atoms with Gasteiger partial charge in [-0.05, 0) is 36.2 Å². The maximum atomic E-state index is 12.3. The number of aryl methyl sites for hydroxylation is 1. The first-order chi connectivity index (χ1) is 16.1. The summed E-state index contributed by atoms with van der Waals surface area (Å²) in [5, 5.41) is 5.91. The van der Waals surface area contributed by atoms with Crippen LogP contribution in [0.1, 0.15) is 27.4 Å². The minimum Gasteiger partial charge on any atom is -0.493 e. The van der Waals surface area contributed by atoms with Crippen molar-refractivity contribution in [2.24, 2.45) is 0 Å². The van der Waals surface area contributed by atoms with E-state index in [1.165, 1.54) is 16.7 Å². The van der Waals surface area contributed by atoms with Gasteiger partial charge in [0.05, 0.1) is 18.7 Å². The van der Waals surface area contributed by atoms with Crippen molar-refractivity contribution < 1.29 is 9.53 Å². The Labute approximate surface area is 199 Å². The quantitative estimate of drug-likeness (QED) is 0.577. The number of thiazole rings is 1. The van der Waals surface area contributed by atoms with Crippen molar-refractivity contribution >= 4 is 22.9 Å². The van der Waals surface area contributed by atoms with Crippen molar-refractivity contribution in [1.82, 2.24) is 14.8 Å². The van der Waals surface area contributed by atoms with Crippen LogP contribution in [0.4, 0.5) is 5.69 Å². The number of nitrogens with one attached hydrogen (secondary N) is 1. The van der Waals surface area contributed by atoms with E-state index >= 15 is 0 Å². The fourth-order valence-electron chi connectivity index (χ4n) is 4.41. The van der Waals surface area contributed by atoms with E-state index in [4.69, 9.17) is 9.72 Å². The second-order valence-corrected chi connectivity index (χ2v) is 9.86. The molecule has 7 heteroatoms. The highest BCUT2D eigenvalue weighted by atomic mass is 32.1. The maximum Gasteiger partial charge on any atom is 0.231 e. The summed E-state index contributed by atoms with van der Waals surface area (Å²) in [6.07, 6.45) is 1.35. The van der Waals surface area contributed by atoms with Crippen molar-refractivity contribution in [2.75, 3.05) is 38.1 Å². The number of carbonyl (C=O) groups excluding carboxylic acids is 1. The zero-order valence-corrected chi connectivity index (χ0v) is 19.9. The van der Waals surface area contributed by atoms with E-state index in [1.807, 2.05) is 31.2 Å². The molecule has 0 radical (unpaired) electrons. The molecule has 3 aromatic rings. The number of amides is 1. The SMILES string of the molecule is Cc1ccc(NC(=O)Cc2nc(CN3CCN(Cc4ccc5c(c4)CCO5)CC3)cs2)cc1. The van der Waals surface area contributed by atoms with E-state index < -0.39 is 0 Å². The lowest BCUT2D eigenvalue weighted by molar-refractivity contribution is -0.115. The highest BCUT2D eigenvalue weighted by Crippen LogP contribution is 2.26. The number of anilines is 1. The summed E-state index contributed by atoms with van der Waals surface area (Å²) in [6, 6.07) is 14.5. The van der Waals surface area contributed by atoms with Gasteiger partial charge in [-0.25, -0.2) is 4.98 Å². The van der Waals surface area contributed by atoms with E-state index in [0.29, 0.717) is 6.42 Å². The first-order valence-corrected chi connectivity index (χ1v) is 12.5. The Hall–Kier alpha value is -2.74. The van der Waals surface area contributed by atoms with Crippen LogP contribution in [0.5, 0.6) is 5.75 Å². The molecule has 0 atom stereocenters. The van der Waals surface area contributed by atoms with Crippen LogP contribution >= 0.6 is 11.3 Å². The van der Waals surface area contributed by atoms with Gasteiger partial charge in [0, 0.05) is 56.8 Å². The number of nitrogens with zero attached hydrogens (tertiary/aromatic N) is 3. The molecule has 172 valence electrons. The number of hydrogen-bond donors (Lipinski definition) is 1. The Balaban J connectivity index is 1.07. The van der Waals surface area contributed by atoms with Crippen molar-refractivity contribution in [3.63, 3.8) is 0 Å². The fraction of sp³-hybridized carbons (Fsp3) is 0.385. The first-order valence-electron chi connectivity index (χ1n) is 11.6. The van der Waals surface area contributed by atoms with Crippen LogP contribution in [-0.4, -0.2) is 53.5 Å². The van der Waals surface area contributed by atoms with Gasteiger partial charge in [-0.15, -0.1) is 11.3 Å². The topological polar surface area (TPSA) is 57.7 Å². The molecule has 1 N–H and O–H groups in total. The van der Waals surface area contributed by atoms with Gasteiger partial charge in [0.15, 0.2) is 0 Å². The van der Waals surface area contributed by atoms with E-state index in [9.17, 15) is 4.79 Å². The summed E-state index contributed by atoms with van der Waals surface area (Å²) in [6.45, 7) is 8.88. The molecule has 0 unspecified atom stereocenters. The summed E-state index contributed by atoms with van der Waals surface area (Å²) < 4.78 is 5.62. The minimum absolute atomic E-state index is 0.0218. The van der Waals surface area contributed by atoms with Gasteiger partial charge in [0.1, 0.15) is 10.8 Å². The highest BCUT2D eigenvalue weighted by molar-refractivity contribution is 7.09. The van der Waals surface area contributed by atoms with Crippen LogP contribution in [0, 0.1) is 6.92 Å². The van der Waals surface area contributed by atoms with Gasteiger partial charge in [-0.3, -0.25) is 14.6 Å². The van der Waals surface area contributed by atoms with Crippen LogP contribution in [0.15, 0.2) is 47.8 Å². The lowest BCUT2D eigenvalue weighted by Crippen LogP contribution is -2.45. The van der Waals surface area contributed by atoms with E-state index in [1.54, 1.807) is 11.3 Å². The Morgan fingerprint density at radius 3 is 2.61 bits per heavy atom. The molecule has 1 amide bonds. The van der Waals surface area contributed by atoms with Crippen molar-refractivity contribution in [2.45, 2.75) is 32.9 Å². The molecule has 0 saturated carbocycles. The van der Waals surface area contributed by atoms with Gasteiger partial charge >= 0.3 is 0 Å². The third-order valence-corrected chi connectivity index (χ3v) is 7.15. The number of piperazine rings is 1. The fourth-order valence-corrected chi connectivity index (χ4v) is 5.20. The molecule has 2 aliphatic heterocycles. The monoisotopic (exact) mass is 462 g/mol. The molecule has 2 aliphatic rings. The Morgan fingerprint density at radius 2 is 1.82 bits per heavy atom. The summed E-state index contributed by atoms with van der Waals surface area (Å²) >= 11 is 1.57. The molecule has 2 aromatic carbocycles. The maximum absolute atomic E-state index is 12.3. The number of ether oxygens (including phenoxy) is 1. The summed E-state index contributed by atoms with van der Waals surface area (Å²) in [7, 11) is 0. The third kappa shape index (κ3) is 5.79. The van der Waals surface area contributed by atoms with Gasteiger partial charge in [0.25, 0.3) is 0 Å². The molecular weight excluding hydrogens is 432 g/mol. The number of rotatable bonds is 7. The largest absolute Gasteiger partial charge is 0.493 e. The van der Waals surface area contributed by atoms with Crippen molar-refractivity contribution in [1.29, 1.82) is 0 Å². The van der Waals surface area contributed by atoms with Crippen molar-refractivity contribution in [3.8, 4) is 5.75 Å². The molecule has 6 nitrogen and oxygen atoms in total. The van der Waals surface area contributed by atoms with Crippen LogP contribution in [0.2, 0.25) is 0 Å². The average Bonchev–Trinajstić information content (AvgIpc) is 3.45. The van der Waals surface area contributed by atoms with Gasteiger partial charge in [0.2, 0.25) is 5.91 Å². The third-order valence-electron chi connectivity index (χ3n) is 6.26. The van der Waals surface area contributed by atoms with Crippen LogP contribution in [0.3, 0.4) is 0 Å². The summed E-state index contributed by atoms with van der Waals surface area (Å²) in [5.74, 6) is 1.03. The zero-order valence-electron chi connectivity index (χ0n) is 19.0. The molecular formula is C26H30N4O2S. The normalized spacial score (nSPS) is 16.4. The standard InChI is InChI=1S/C26H30N4O2S/c1-19-2-5-22(6-3-19)27-25(31)15-26-28-23(18-33-26)17-30-11-9-29(10-12-30)16-20-4-7-24-21(14-20)8-13-32-24/h2-7,14,18H,8-13,15-17H2,1H3,(H,27,31). The zero-order chi connectivity index (χ0) is 22.6. The number of carbonyl (C=O) groups is 1. The number of hydrogen-bond acceptors (Lipinski definition) is 6. The van der Waals surface area contributed by atoms with Gasteiger partial charge in [-0.2, -0.15) is 0 Å². The average molecular weight is 463 g/mol. The minimum atomic E-state index is -0.0218. The predicted molar refractivity (Wildman–Crippen MR) is 132 cm³/mol. The molecule has 0 spiro atoms. The van der Waals surface area contributed by atoms with E-state index in [-0.39, 0.29) is 5.91 Å². The number of fused-ring (bicyclic) bond motifs is 1. The number of benzene rings is 2. The van der Waals surface area contributed by atoms with Crippen LogP contribution < -0.4 is 10.1 Å². The lowest BCUT2D eigenvalue weighted by Gasteiger charge is -2.34. The molecule has 0 aliphatic carbocycles. The molecule has 0 bridgehead atoms. The second-order valence-electron chi connectivity index (χ2n) is 8.92. The molecule has 1 saturated heterocycles. The van der Waals surface area contributed by atoms with Gasteiger partial charge in [-0.1, -0.05) is 29.8 Å². The predicted octanol–water partition coefficient (Wildman–Crippen LogP) is 3.89. The summed E-state index contributed by atoms with van der Waals surface area (Å²) in [5.41, 5.74) is 5.79. The van der Waals surface area contributed by atoms with Crippen LogP contribution in [0.25, 0.3) is 0 Å². The Kier molecular flexibility index (Phi) is 6.71. The van der Waals surface area contributed by atoms with Crippen molar-refractivity contribution in [3.05, 3.63) is 75.2 Å². The molecule has 5 rings (SSSR count).